The van der Waals surface area contributed by atoms with Gasteiger partial charge in [-0.2, -0.15) is 0 Å². The van der Waals surface area contributed by atoms with E-state index < -0.39 is 0 Å². The van der Waals surface area contributed by atoms with Crippen molar-refractivity contribution in [1.82, 2.24) is 10.2 Å². The topological polar surface area (TPSA) is 85.0 Å². The highest BCUT2D eigenvalue weighted by molar-refractivity contribution is 6.10. The molecule has 0 atom stereocenters. The van der Waals surface area contributed by atoms with Crippen molar-refractivity contribution in [3.8, 4) is 0 Å². The van der Waals surface area contributed by atoms with E-state index in [4.69, 9.17) is 0 Å². The average molecular weight is 436 g/mol. The van der Waals surface area contributed by atoms with Crippen molar-refractivity contribution >= 4 is 34.8 Å². The number of fused-ring (bicyclic) bond motifs is 1. The first-order chi connectivity index (χ1) is 15.5. The molecular weight excluding hydrogens is 406 g/mol. The quantitative estimate of drug-likeness (QED) is 0.723. The van der Waals surface area contributed by atoms with E-state index in [1.807, 2.05) is 24.3 Å². The van der Waals surface area contributed by atoms with Crippen LogP contribution >= 0.6 is 0 Å². The highest BCUT2D eigenvalue weighted by Crippen LogP contribution is 2.29. The Morgan fingerprint density at radius 1 is 0.938 bits per heavy atom. The lowest BCUT2D eigenvalue weighted by Crippen LogP contribution is -2.45. The summed E-state index contributed by atoms with van der Waals surface area (Å²) in [6, 6.07) is 15.3. The van der Waals surface area contributed by atoms with Crippen LogP contribution in [0.4, 0.5) is 17.1 Å². The number of carbonyl (C=O) groups is 3. The molecule has 2 aromatic rings. The van der Waals surface area contributed by atoms with Crippen molar-refractivity contribution in [3.05, 3.63) is 54.1 Å². The highest BCUT2D eigenvalue weighted by atomic mass is 16.2. The number of amides is 3. The van der Waals surface area contributed by atoms with E-state index in [0.717, 1.165) is 37.4 Å². The number of benzene rings is 2. The summed E-state index contributed by atoms with van der Waals surface area (Å²) >= 11 is 0. The molecule has 2 aromatic carbocycles. The smallest absolute Gasteiger partial charge is 0.244 e. The Hall–Kier alpha value is -3.39. The second-order valence-corrected chi connectivity index (χ2v) is 8.24. The van der Waals surface area contributed by atoms with Gasteiger partial charge in [0.1, 0.15) is 6.54 Å². The molecule has 8 heteroatoms. The molecule has 2 aliphatic heterocycles. The fraction of sp³-hybridized carbons (Fsp3) is 0.375. The van der Waals surface area contributed by atoms with Crippen LogP contribution < -0.4 is 20.4 Å². The molecular formula is C24H29N5O3. The molecule has 0 bridgehead atoms. The number of piperazine rings is 1. The van der Waals surface area contributed by atoms with E-state index in [-0.39, 0.29) is 37.1 Å². The zero-order valence-corrected chi connectivity index (χ0v) is 18.3. The first-order valence-electron chi connectivity index (χ1n) is 11.0. The molecule has 168 valence electrons. The van der Waals surface area contributed by atoms with E-state index in [1.165, 1.54) is 4.90 Å². The van der Waals surface area contributed by atoms with Crippen LogP contribution in [0.5, 0.6) is 0 Å². The Morgan fingerprint density at radius 2 is 1.62 bits per heavy atom. The maximum atomic E-state index is 12.7. The molecule has 0 aliphatic carbocycles. The van der Waals surface area contributed by atoms with Gasteiger partial charge in [-0.15, -0.1) is 0 Å². The van der Waals surface area contributed by atoms with Crippen molar-refractivity contribution in [2.75, 3.05) is 54.9 Å². The lowest BCUT2D eigenvalue weighted by Gasteiger charge is -2.35. The van der Waals surface area contributed by atoms with Crippen molar-refractivity contribution < 1.29 is 14.4 Å². The van der Waals surface area contributed by atoms with Gasteiger partial charge in [-0.1, -0.05) is 30.3 Å². The molecule has 0 saturated carbocycles. The predicted octanol–water partition coefficient (Wildman–Crippen LogP) is 1.82. The summed E-state index contributed by atoms with van der Waals surface area (Å²) < 4.78 is 0. The van der Waals surface area contributed by atoms with Gasteiger partial charge in [0.15, 0.2) is 0 Å². The Bertz CT molecular complexity index is 1000. The standard InChI is InChI=1S/C24H29N5O3/c1-27-12-14-28(15-13-27)20-8-4-2-6-18(20)16-25-22(30)10-11-24(32)29-17-23(31)26-19-7-3-5-9-21(19)29/h2-9H,10-17H2,1H3,(H,25,30)(H,26,31). The third-order valence-electron chi connectivity index (χ3n) is 5.95. The first-order valence-corrected chi connectivity index (χ1v) is 11.0. The Morgan fingerprint density at radius 3 is 2.41 bits per heavy atom. The fourth-order valence-corrected chi connectivity index (χ4v) is 4.11. The molecule has 8 nitrogen and oxygen atoms in total. The summed E-state index contributed by atoms with van der Waals surface area (Å²) in [5, 5.41) is 5.71. The normalized spacial score (nSPS) is 16.3. The second kappa shape index (κ2) is 9.82. The van der Waals surface area contributed by atoms with Crippen molar-refractivity contribution in [1.29, 1.82) is 0 Å². The zero-order valence-electron chi connectivity index (χ0n) is 18.3. The van der Waals surface area contributed by atoms with Gasteiger partial charge in [0, 0.05) is 51.3 Å². The minimum atomic E-state index is -0.236. The van der Waals surface area contributed by atoms with Crippen LogP contribution in [0.25, 0.3) is 0 Å². The maximum Gasteiger partial charge on any atom is 0.244 e. The number of likely N-dealkylation sites (N-methyl/N-ethyl adjacent to an activating group) is 1. The van der Waals surface area contributed by atoms with Gasteiger partial charge >= 0.3 is 0 Å². The van der Waals surface area contributed by atoms with Crippen LogP contribution in [0.3, 0.4) is 0 Å². The predicted molar refractivity (Wildman–Crippen MR) is 125 cm³/mol. The van der Waals surface area contributed by atoms with Crippen LogP contribution in [-0.4, -0.2) is 62.4 Å². The van der Waals surface area contributed by atoms with Gasteiger partial charge in [-0.05, 0) is 30.8 Å². The van der Waals surface area contributed by atoms with E-state index in [2.05, 4.69) is 33.5 Å². The number of carbonyl (C=O) groups excluding carboxylic acids is 3. The molecule has 2 aliphatic rings. The van der Waals surface area contributed by atoms with Gasteiger partial charge in [-0.25, -0.2) is 0 Å². The molecule has 1 saturated heterocycles. The minimum Gasteiger partial charge on any atom is -0.369 e. The monoisotopic (exact) mass is 435 g/mol. The highest BCUT2D eigenvalue weighted by Gasteiger charge is 2.26. The summed E-state index contributed by atoms with van der Waals surface area (Å²) in [7, 11) is 2.12. The van der Waals surface area contributed by atoms with Gasteiger partial charge in [0.25, 0.3) is 0 Å². The molecule has 0 radical (unpaired) electrons. The Labute approximate surface area is 188 Å². The molecule has 0 aromatic heterocycles. The van der Waals surface area contributed by atoms with Crippen LogP contribution in [-0.2, 0) is 20.9 Å². The van der Waals surface area contributed by atoms with E-state index in [0.29, 0.717) is 17.9 Å². The molecule has 32 heavy (non-hydrogen) atoms. The summed E-state index contributed by atoms with van der Waals surface area (Å²) in [6.45, 7) is 4.34. The van der Waals surface area contributed by atoms with Crippen molar-refractivity contribution in [2.24, 2.45) is 0 Å². The van der Waals surface area contributed by atoms with E-state index >= 15 is 0 Å². The third-order valence-corrected chi connectivity index (χ3v) is 5.95. The summed E-state index contributed by atoms with van der Waals surface area (Å²) in [5.74, 6) is -0.649. The number of hydrogen-bond donors (Lipinski definition) is 2. The molecule has 0 unspecified atom stereocenters. The number of hydrogen-bond acceptors (Lipinski definition) is 5. The first kappa shape index (κ1) is 21.8. The molecule has 1 fully saturated rings. The zero-order chi connectivity index (χ0) is 22.5. The molecule has 4 rings (SSSR count). The molecule has 3 amide bonds. The molecule has 2 heterocycles. The van der Waals surface area contributed by atoms with Crippen LogP contribution in [0.15, 0.2) is 48.5 Å². The number of nitrogens with zero attached hydrogens (tertiary/aromatic N) is 3. The lowest BCUT2D eigenvalue weighted by atomic mass is 10.1. The summed E-state index contributed by atoms with van der Waals surface area (Å²) in [4.78, 5) is 43.2. The van der Waals surface area contributed by atoms with Crippen LogP contribution in [0, 0.1) is 0 Å². The average Bonchev–Trinajstić information content (AvgIpc) is 2.81. The van der Waals surface area contributed by atoms with Gasteiger partial charge in [0.05, 0.1) is 11.4 Å². The summed E-state index contributed by atoms with van der Waals surface area (Å²) in [6.07, 6.45) is 0.128. The SMILES string of the molecule is CN1CCN(c2ccccc2CNC(=O)CCC(=O)N2CC(=O)Nc3ccccc32)CC1. The van der Waals surface area contributed by atoms with Crippen LogP contribution in [0.2, 0.25) is 0 Å². The number of nitrogens with one attached hydrogen (secondary N) is 2. The molecule has 2 N–H and O–H groups in total. The Balaban J connectivity index is 1.31. The third kappa shape index (κ3) is 5.08. The number of para-hydroxylation sites is 3. The van der Waals surface area contributed by atoms with E-state index in [9.17, 15) is 14.4 Å². The van der Waals surface area contributed by atoms with Crippen LogP contribution in [0.1, 0.15) is 18.4 Å². The lowest BCUT2D eigenvalue weighted by molar-refractivity contribution is -0.125. The minimum absolute atomic E-state index is 0.0319. The maximum absolute atomic E-state index is 12.7. The van der Waals surface area contributed by atoms with Gasteiger partial charge in [-0.3, -0.25) is 14.4 Å². The fourth-order valence-electron chi connectivity index (χ4n) is 4.11. The van der Waals surface area contributed by atoms with E-state index in [1.54, 1.807) is 18.2 Å². The second-order valence-electron chi connectivity index (χ2n) is 8.24. The summed E-state index contributed by atoms with van der Waals surface area (Å²) in [5.41, 5.74) is 3.49. The number of rotatable bonds is 6. The van der Waals surface area contributed by atoms with Crippen molar-refractivity contribution in [3.63, 3.8) is 0 Å². The number of anilines is 3. The molecule has 0 spiro atoms. The van der Waals surface area contributed by atoms with Gasteiger partial charge < -0.3 is 25.3 Å². The van der Waals surface area contributed by atoms with Crippen molar-refractivity contribution in [2.45, 2.75) is 19.4 Å². The van der Waals surface area contributed by atoms with Gasteiger partial charge in [0.2, 0.25) is 17.7 Å². The Kier molecular flexibility index (Phi) is 6.70. The largest absolute Gasteiger partial charge is 0.369 e.